The molecule has 3 aromatic heterocycles. The van der Waals surface area contributed by atoms with Crippen LogP contribution in [-0.2, 0) is 6.18 Å². The van der Waals surface area contributed by atoms with E-state index in [1.807, 2.05) is 13.0 Å². The molecule has 0 aliphatic heterocycles. The van der Waals surface area contributed by atoms with Crippen molar-refractivity contribution in [1.82, 2.24) is 20.3 Å². The van der Waals surface area contributed by atoms with Crippen molar-refractivity contribution in [2.24, 2.45) is 0 Å². The minimum Gasteiger partial charge on any atom is -0.392 e. The summed E-state index contributed by atoms with van der Waals surface area (Å²) in [4.78, 5) is 24.0. The number of nitrogens with one attached hydrogen (secondary N) is 2. The summed E-state index contributed by atoms with van der Waals surface area (Å²) < 4.78 is 39.5. The molecule has 154 valence electrons. The second-order valence-electron chi connectivity index (χ2n) is 6.43. The smallest absolute Gasteiger partial charge is 0.392 e. The fourth-order valence-corrected chi connectivity index (χ4v) is 3.47. The molecule has 3 heterocycles. The largest absolute Gasteiger partial charge is 0.425 e. The van der Waals surface area contributed by atoms with Gasteiger partial charge in [-0.2, -0.15) is 13.2 Å². The minimum absolute atomic E-state index is 0.0143. The number of halogens is 3. The molecule has 3 N–H and O–H groups in total. The average molecular weight is 425 g/mol. The Morgan fingerprint density at radius 3 is 2.69 bits per heavy atom. The SMILES string of the molecule is C[C@H](O)CNC(=O)c1nc(N[C@@H](C)c2cccnc2)nc2cc(C(F)(F)F)sc12. The Balaban J connectivity index is 2.01. The lowest BCUT2D eigenvalue weighted by molar-refractivity contribution is -0.134. The van der Waals surface area contributed by atoms with E-state index in [9.17, 15) is 23.1 Å². The van der Waals surface area contributed by atoms with Gasteiger partial charge in [-0.1, -0.05) is 6.07 Å². The van der Waals surface area contributed by atoms with E-state index >= 15 is 0 Å². The lowest BCUT2D eigenvalue weighted by Crippen LogP contribution is -2.31. The number of rotatable bonds is 6. The molecule has 0 aromatic carbocycles. The van der Waals surface area contributed by atoms with Gasteiger partial charge >= 0.3 is 6.18 Å². The zero-order valence-electron chi connectivity index (χ0n) is 15.5. The maximum Gasteiger partial charge on any atom is 0.425 e. The number of carbonyl (C=O) groups is 1. The van der Waals surface area contributed by atoms with E-state index < -0.39 is 23.1 Å². The number of fused-ring (bicyclic) bond motifs is 1. The lowest BCUT2D eigenvalue weighted by atomic mass is 10.1. The van der Waals surface area contributed by atoms with Gasteiger partial charge in [0.05, 0.1) is 22.4 Å². The van der Waals surface area contributed by atoms with Crippen LogP contribution in [-0.4, -0.2) is 38.6 Å². The number of aromatic nitrogens is 3. The van der Waals surface area contributed by atoms with Gasteiger partial charge in [-0.3, -0.25) is 9.78 Å². The topological polar surface area (TPSA) is 100 Å². The van der Waals surface area contributed by atoms with Crippen LogP contribution in [0.4, 0.5) is 19.1 Å². The summed E-state index contributed by atoms with van der Waals surface area (Å²) >= 11 is 0.406. The highest BCUT2D eigenvalue weighted by molar-refractivity contribution is 7.19. The summed E-state index contributed by atoms with van der Waals surface area (Å²) in [6, 6.07) is 4.18. The maximum atomic E-state index is 13.2. The summed E-state index contributed by atoms with van der Waals surface area (Å²) in [5.41, 5.74) is 0.648. The Hall–Kier alpha value is -2.79. The first kappa shape index (κ1) is 20.9. The van der Waals surface area contributed by atoms with E-state index in [-0.39, 0.29) is 34.4 Å². The average Bonchev–Trinajstić information content (AvgIpc) is 3.10. The van der Waals surface area contributed by atoms with Crippen LogP contribution in [0.1, 0.15) is 40.8 Å². The highest BCUT2D eigenvalue weighted by Gasteiger charge is 2.34. The first-order valence-corrected chi connectivity index (χ1v) is 9.48. The van der Waals surface area contributed by atoms with Gasteiger partial charge in [-0.05, 0) is 31.5 Å². The number of aliphatic hydroxyl groups is 1. The van der Waals surface area contributed by atoms with E-state index in [2.05, 4.69) is 25.6 Å². The van der Waals surface area contributed by atoms with Gasteiger partial charge in [0.2, 0.25) is 5.95 Å². The lowest BCUT2D eigenvalue weighted by Gasteiger charge is -2.15. The second-order valence-corrected chi connectivity index (χ2v) is 7.48. The summed E-state index contributed by atoms with van der Waals surface area (Å²) in [7, 11) is 0. The van der Waals surface area contributed by atoms with Gasteiger partial charge in [-0.15, -0.1) is 11.3 Å². The number of thiophene rings is 1. The monoisotopic (exact) mass is 425 g/mol. The Kier molecular flexibility index (Phi) is 5.99. The molecule has 0 bridgehead atoms. The van der Waals surface area contributed by atoms with Gasteiger partial charge in [0.25, 0.3) is 5.91 Å². The molecule has 0 radical (unpaired) electrons. The highest BCUT2D eigenvalue weighted by Crippen LogP contribution is 2.38. The first-order valence-electron chi connectivity index (χ1n) is 8.66. The molecular formula is C18H18F3N5O2S. The number of nitrogens with zero attached hydrogens (tertiary/aromatic N) is 3. The molecular weight excluding hydrogens is 407 g/mol. The summed E-state index contributed by atoms with van der Waals surface area (Å²) in [5.74, 6) is -0.673. The molecule has 0 aliphatic carbocycles. The summed E-state index contributed by atoms with van der Waals surface area (Å²) in [6.07, 6.45) is -2.12. The van der Waals surface area contributed by atoms with Gasteiger partial charge < -0.3 is 15.7 Å². The maximum absolute atomic E-state index is 13.2. The van der Waals surface area contributed by atoms with Gasteiger partial charge in [0.1, 0.15) is 4.88 Å². The van der Waals surface area contributed by atoms with Gasteiger partial charge in [0.15, 0.2) is 5.69 Å². The number of hydrogen-bond donors (Lipinski definition) is 3. The third-order valence-corrected chi connectivity index (χ3v) is 5.13. The number of pyridine rings is 1. The fourth-order valence-electron chi connectivity index (χ4n) is 2.52. The fraction of sp³-hybridized carbons (Fsp3) is 0.333. The van der Waals surface area contributed by atoms with Gasteiger partial charge in [-0.25, -0.2) is 9.97 Å². The van der Waals surface area contributed by atoms with Crippen molar-refractivity contribution in [2.45, 2.75) is 32.2 Å². The Morgan fingerprint density at radius 1 is 1.31 bits per heavy atom. The quantitative estimate of drug-likeness (QED) is 0.560. The van der Waals surface area contributed by atoms with Crippen molar-refractivity contribution < 1.29 is 23.1 Å². The predicted octanol–water partition coefficient (Wildman–Crippen LogP) is 3.39. The molecule has 29 heavy (non-hydrogen) atoms. The number of amides is 1. The van der Waals surface area contributed by atoms with Crippen molar-refractivity contribution in [2.75, 3.05) is 11.9 Å². The Labute approximate surface area is 168 Å². The molecule has 1 amide bonds. The van der Waals surface area contributed by atoms with Crippen LogP contribution in [0, 0.1) is 0 Å². The molecule has 11 heteroatoms. The van der Waals surface area contributed by atoms with Crippen molar-refractivity contribution in [3.05, 3.63) is 46.7 Å². The zero-order chi connectivity index (χ0) is 21.2. The predicted molar refractivity (Wildman–Crippen MR) is 103 cm³/mol. The molecule has 0 fully saturated rings. The standard InChI is InChI=1S/C18H18F3N5O2S/c1-9(27)7-23-16(28)14-15-12(6-13(29-15)18(19,20)21)25-17(26-14)24-10(2)11-4-3-5-22-8-11/h3-6,8-10,27H,7H2,1-2H3,(H,23,28)(H,24,25,26)/t9-,10-/m0/s1. The summed E-state index contributed by atoms with van der Waals surface area (Å²) in [5, 5.41) is 14.8. The van der Waals surface area contributed by atoms with Crippen LogP contribution in [0.25, 0.3) is 10.2 Å². The second kappa shape index (κ2) is 8.29. The first-order chi connectivity index (χ1) is 13.6. The third kappa shape index (κ3) is 4.98. The molecule has 0 saturated heterocycles. The molecule has 3 aromatic rings. The van der Waals surface area contributed by atoms with Crippen LogP contribution >= 0.6 is 11.3 Å². The summed E-state index contributed by atoms with van der Waals surface area (Å²) in [6.45, 7) is 3.23. The number of anilines is 1. The normalized spacial score (nSPS) is 13.9. The van der Waals surface area contributed by atoms with Crippen LogP contribution < -0.4 is 10.6 Å². The van der Waals surface area contributed by atoms with E-state index in [0.717, 1.165) is 11.6 Å². The van der Waals surface area contributed by atoms with Crippen molar-refractivity contribution in [3.63, 3.8) is 0 Å². The Bertz CT molecular complexity index is 1010. The van der Waals surface area contributed by atoms with Crippen LogP contribution in [0.15, 0.2) is 30.6 Å². The molecule has 0 spiro atoms. The molecule has 7 nitrogen and oxygen atoms in total. The number of aliphatic hydroxyl groups excluding tert-OH is 1. The van der Waals surface area contributed by atoms with Crippen molar-refractivity contribution in [1.29, 1.82) is 0 Å². The number of carbonyl (C=O) groups excluding carboxylic acids is 1. The van der Waals surface area contributed by atoms with E-state index in [1.54, 1.807) is 18.5 Å². The van der Waals surface area contributed by atoms with Crippen molar-refractivity contribution >= 4 is 33.4 Å². The minimum atomic E-state index is -4.56. The number of alkyl halides is 3. The molecule has 2 atom stereocenters. The van der Waals surface area contributed by atoms with Gasteiger partial charge in [0, 0.05) is 18.9 Å². The van der Waals surface area contributed by atoms with Crippen LogP contribution in [0.3, 0.4) is 0 Å². The zero-order valence-corrected chi connectivity index (χ0v) is 16.3. The highest BCUT2D eigenvalue weighted by atomic mass is 32.1. The molecule has 0 saturated carbocycles. The molecule has 0 aliphatic rings. The van der Waals surface area contributed by atoms with E-state index in [1.165, 1.54) is 6.92 Å². The van der Waals surface area contributed by atoms with Crippen molar-refractivity contribution in [3.8, 4) is 0 Å². The molecule has 3 rings (SSSR count). The third-order valence-electron chi connectivity index (χ3n) is 3.95. The van der Waals surface area contributed by atoms with Crippen LogP contribution in [0.2, 0.25) is 0 Å². The van der Waals surface area contributed by atoms with Crippen LogP contribution in [0.5, 0.6) is 0 Å². The Morgan fingerprint density at radius 2 is 2.07 bits per heavy atom. The van der Waals surface area contributed by atoms with E-state index in [0.29, 0.717) is 11.3 Å². The number of hydrogen-bond acceptors (Lipinski definition) is 7. The molecule has 0 unspecified atom stereocenters. The van der Waals surface area contributed by atoms with E-state index in [4.69, 9.17) is 0 Å².